The summed E-state index contributed by atoms with van der Waals surface area (Å²) in [6.07, 6.45) is 2.48. The van der Waals surface area contributed by atoms with Gasteiger partial charge in [-0.25, -0.2) is 0 Å². The van der Waals surface area contributed by atoms with Gasteiger partial charge in [-0.15, -0.1) is 10.2 Å². The molecule has 0 aliphatic rings. The van der Waals surface area contributed by atoms with Crippen LogP contribution in [0, 0.1) is 0 Å². The largest absolute Gasteiger partial charge is 0.298 e. The summed E-state index contributed by atoms with van der Waals surface area (Å²) in [5.74, 6) is 0. The summed E-state index contributed by atoms with van der Waals surface area (Å²) < 4.78 is 1.86. The van der Waals surface area contributed by atoms with Crippen molar-refractivity contribution in [3.05, 3.63) is 42.2 Å². The number of pyridine rings is 1. The first-order valence-corrected chi connectivity index (χ1v) is 4.56. The number of nitrogens with zero attached hydrogens (tertiary/aromatic N) is 3. The van der Waals surface area contributed by atoms with Crippen LogP contribution in [0.2, 0.25) is 0 Å². The molecule has 0 spiro atoms. The molecule has 0 aliphatic heterocycles. The van der Waals surface area contributed by atoms with E-state index in [9.17, 15) is 4.79 Å². The van der Waals surface area contributed by atoms with Crippen LogP contribution in [0.3, 0.4) is 0 Å². The Morgan fingerprint density at radius 2 is 2.07 bits per heavy atom. The van der Waals surface area contributed by atoms with Crippen LogP contribution in [0.5, 0.6) is 0 Å². The fraction of sp³-hybridized carbons (Fsp3) is 0. The number of benzene rings is 1. The number of aldehydes is 1. The van der Waals surface area contributed by atoms with Crippen molar-refractivity contribution in [1.29, 1.82) is 0 Å². The summed E-state index contributed by atoms with van der Waals surface area (Å²) in [4.78, 5) is 10.7. The molecule has 0 saturated heterocycles. The van der Waals surface area contributed by atoms with E-state index in [1.807, 2.05) is 28.7 Å². The van der Waals surface area contributed by atoms with E-state index in [4.69, 9.17) is 0 Å². The van der Waals surface area contributed by atoms with Gasteiger partial charge in [0, 0.05) is 5.56 Å². The van der Waals surface area contributed by atoms with Crippen LogP contribution in [0.4, 0.5) is 0 Å². The van der Waals surface area contributed by atoms with Crippen LogP contribution in [0.15, 0.2) is 36.7 Å². The number of hydrogen-bond donors (Lipinski definition) is 0. The van der Waals surface area contributed by atoms with Crippen molar-refractivity contribution in [2.45, 2.75) is 0 Å². The van der Waals surface area contributed by atoms with Gasteiger partial charge in [0.15, 0.2) is 5.65 Å². The standard InChI is InChI=1S/C11H7N3O/c15-6-8-1-2-9-3-4-11-13-12-7-14(11)10(9)5-8/h1-7H. The molecule has 0 saturated carbocycles. The fourth-order valence-corrected chi connectivity index (χ4v) is 1.69. The van der Waals surface area contributed by atoms with E-state index in [0.29, 0.717) is 5.56 Å². The molecule has 0 bridgehead atoms. The lowest BCUT2D eigenvalue weighted by atomic mass is 10.1. The van der Waals surface area contributed by atoms with E-state index < -0.39 is 0 Å². The third kappa shape index (κ3) is 1.11. The molecular formula is C11H7N3O. The van der Waals surface area contributed by atoms with Gasteiger partial charge in [-0.2, -0.15) is 0 Å². The monoisotopic (exact) mass is 197 g/mol. The van der Waals surface area contributed by atoms with Gasteiger partial charge in [0.05, 0.1) is 5.52 Å². The van der Waals surface area contributed by atoms with Crippen molar-refractivity contribution in [1.82, 2.24) is 14.6 Å². The Kier molecular flexibility index (Phi) is 1.56. The molecule has 0 aliphatic carbocycles. The Balaban J connectivity index is 2.53. The molecule has 4 heteroatoms. The highest BCUT2D eigenvalue weighted by Crippen LogP contribution is 2.16. The summed E-state index contributed by atoms with van der Waals surface area (Å²) in [6, 6.07) is 9.41. The van der Waals surface area contributed by atoms with Crippen molar-refractivity contribution in [3.8, 4) is 0 Å². The highest BCUT2D eigenvalue weighted by Gasteiger charge is 2.01. The molecule has 72 valence electrons. The molecule has 2 heterocycles. The minimum Gasteiger partial charge on any atom is -0.298 e. The summed E-state index contributed by atoms with van der Waals surface area (Å²) in [5, 5.41) is 8.84. The quantitative estimate of drug-likeness (QED) is 0.558. The number of carbonyl (C=O) groups excluding carboxylic acids is 1. The van der Waals surface area contributed by atoms with Crippen molar-refractivity contribution in [2.75, 3.05) is 0 Å². The number of rotatable bonds is 1. The fourth-order valence-electron chi connectivity index (χ4n) is 1.69. The molecule has 0 amide bonds. The Morgan fingerprint density at radius 3 is 2.93 bits per heavy atom. The maximum absolute atomic E-state index is 10.7. The van der Waals surface area contributed by atoms with Crippen LogP contribution in [0.25, 0.3) is 16.6 Å². The first-order chi connectivity index (χ1) is 7.38. The molecule has 1 aromatic carbocycles. The van der Waals surface area contributed by atoms with Gasteiger partial charge in [-0.3, -0.25) is 9.20 Å². The highest BCUT2D eigenvalue weighted by atomic mass is 16.1. The van der Waals surface area contributed by atoms with E-state index in [1.165, 1.54) is 0 Å². The highest BCUT2D eigenvalue weighted by molar-refractivity contribution is 5.88. The zero-order valence-corrected chi connectivity index (χ0v) is 7.79. The first-order valence-electron chi connectivity index (χ1n) is 4.56. The zero-order valence-electron chi connectivity index (χ0n) is 7.79. The predicted molar refractivity (Wildman–Crippen MR) is 55.9 cm³/mol. The van der Waals surface area contributed by atoms with Crippen LogP contribution < -0.4 is 0 Å². The average molecular weight is 197 g/mol. The maximum atomic E-state index is 10.7. The molecule has 15 heavy (non-hydrogen) atoms. The van der Waals surface area contributed by atoms with Gasteiger partial charge in [-0.1, -0.05) is 12.1 Å². The number of aromatic nitrogens is 3. The van der Waals surface area contributed by atoms with Gasteiger partial charge in [0.2, 0.25) is 0 Å². The van der Waals surface area contributed by atoms with Crippen molar-refractivity contribution in [3.63, 3.8) is 0 Å². The molecule has 4 nitrogen and oxygen atoms in total. The summed E-state index contributed by atoms with van der Waals surface area (Å²) >= 11 is 0. The van der Waals surface area contributed by atoms with E-state index in [-0.39, 0.29) is 0 Å². The lowest BCUT2D eigenvalue weighted by Crippen LogP contribution is -1.88. The third-order valence-corrected chi connectivity index (χ3v) is 2.44. The molecule has 3 aromatic rings. The minimum atomic E-state index is 0.656. The minimum absolute atomic E-state index is 0.656. The normalized spacial score (nSPS) is 10.9. The zero-order chi connectivity index (χ0) is 10.3. The summed E-state index contributed by atoms with van der Waals surface area (Å²) in [5.41, 5.74) is 2.39. The second kappa shape index (κ2) is 2.88. The van der Waals surface area contributed by atoms with Gasteiger partial charge in [-0.05, 0) is 23.6 Å². The van der Waals surface area contributed by atoms with Gasteiger partial charge in [0.25, 0.3) is 0 Å². The lowest BCUT2D eigenvalue weighted by Gasteiger charge is -2.01. The van der Waals surface area contributed by atoms with Crippen LogP contribution >= 0.6 is 0 Å². The SMILES string of the molecule is O=Cc1ccc2ccc3nncn3c2c1. The third-order valence-electron chi connectivity index (χ3n) is 2.44. The Labute approximate surface area is 85.2 Å². The molecule has 0 atom stereocenters. The summed E-state index contributed by atoms with van der Waals surface area (Å²) in [6.45, 7) is 0. The topological polar surface area (TPSA) is 47.3 Å². The molecule has 0 unspecified atom stereocenters. The molecule has 0 fully saturated rings. The molecule has 3 rings (SSSR count). The number of fused-ring (bicyclic) bond motifs is 3. The van der Waals surface area contributed by atoms with Crippen LogP contribution in [0.1, 0.15) is 10.4 Å². The number of carbonyl (C=O) groups is 1. The molecule has 2 aromatic heterocycles. The van der Waals surface area contributed by atoms with Crippen molar-refractivity contribution >= 4 is 22.8 Å². The second-order valence-corrected chi connectivity index (χ2v) is 3.33. The molecular weight excluding hydrogens is 190 g/mol. The second-order valence-electron chi connectivity index (χ2n) is 3.33. The smallest absolute Gasteiger partial charge is 0.161 e. The maximum Gasteiger partial charge on any atom is 0.161 e. The summed E-state index contributed by atoms with van der Waals surface area (Å²) in [7, 11) is 0. The van der Waals surface area contributed by atoms with Crippen LogP contribution in [-0.2, 0) is 0 Å². The Bertz CT molecular complexity index is 657. The van der Waals surface area contributed by atoms with Gasteiger partial charge >= 0.3 is 0 Å². The van der Waals surface area contributed by atoms with E-state index in [2.05, 4.69) is 10.2 Å². The number of hydrogen-bond acceptors (Lipinski definition) is 3. The van der Waals surface area contributed by atoms with E-state index >= 15 is 0 Å². The van der Waals surface area contributed by atoms with E-state index in [0.717, 1.165) is 22.8 Å². The average Bonchev–Trinajstić information content (AvgIpc) is 2.76. The van der Waals surface area contributed by atoms with Crippen molar-refractivity contribution < 1.29 is 4.79 Å². The lowest BCUT2D eigenvalue weighted by molar-refractivity contribution is 0.112. The van der Waals surface area contributed by atoms with Gasteiger partial charge in [0.1, 0.15) is 12.6 Å². The Hall–Kier alpha value is -2.23. The predicted octanol–water partition coefficient (Wildman–Crippen LogP) is 1.69. The van der Waals surface area contributed by atoms with Crippen molar-refractivity contribution in [2.24, 2.45) is 0 Å². The van der Waals surface area contributed by atoms with Gasteiger partial charge < -0.3 is 0 Å². The molecule has 0 radical (unpaired) electrons. The Morgan fingerprint density at radius 1 is 1.20 bits per heavy atom. The molecule has 0 N–H and O–H groups in total. The first kappa shape index (κ1) is 8.11. The van der Waals surface area contributed by atoms with E-state index in [1.54, 1.807) is 12.4 Å². The van der Waals surface area contributed by atoms with Crippen LogP contribution in [-0.4, -0.2) is 20.9 Å².